The molecular formula is C10H13IO. The van der Waals surface area contributed by atoms with Gasteiger partial charge in [-0.15, -0.1) is 0 Å². The molecule has 0 aromatic heterocycles. The SMILES string of the molecule is Cc1c(I)cccc1C(C)(C)O. The molecule has 0 atom stereocenters. The summed E-state index contributed by atoms with van der Waals surface area (Å²) >= 11 is 2.28. The Kier molecular flexibility index (Phi) is 2.78. The van der Waals surface area contributed by atoms with Crippen LogP contribution in [0.1, 0.15) is 25.0 Å². The second-order valence-corrected chi connectivity index (χ2v) is 4.63. The molecule has 1 rings (SSSR count). The van der Waals surface area contributed by atoms with Crippen molar-refractivity contribution in [1.82, 2.24) is 0 Å². The van der Waals surface area contributed by atoms with Crippen molar-refractivity contribution < 1.29 is 5.11 Å². The van der Waals surface area contributed by atoms with E-state index < -0.39 is 5.60 Å². The first-order chi connectivity index (χ1) is 5.43. The molecule has 0 radical (unpaired) electrons. The average molecular weight is 276 g/mol. The van der Waals surface area contributed by atoms with Gasteiger partial charge in [0.05, 0.1) is 5.60 Å². The van der Waals surface area contributed by atoms with Crippen LogP contribution in [0.5, 0.6) is 0 Å². The molecule has 1 aromatic carbocycles. The van der Waals surface area contributed by atoms with Gasteiger partial charge in [-0.05, 0) is 60.6 Å². The summed E-state index contributed by atoms with van der Waals surface area (Å²) in [6, 6.07) is 5.99. The first-order valence-corrected chi connectivity index (χ1v) is 4.99. The molecule has 2 heteroatoms. The summed E-state index contributed by atoms with van der Waals surface area (Å²) in [6.07, 6.45) is 0. The smallest absolute Gasteiger partial charge is 0.0843 e. The molecule has 0 saturated heterocycles. The van der Waals surface area contributed by atoms with Gasteiger partial charge in [0.1, 0.15) is 0 Å². The van der Waals surface area contributed by atoms with Gasteiger partial charge in [0.15, 0.2) is 0 Å². The first-order valence-electron chi connectivity index (χ1n) is 3.91. The van der Waals surface area contributed by atoms with Gasteiger partial charge in [-0.25, -0.2) is 0 Å². The fraction of sp³-hybridized carbons (Fsp3) is 0.400. The summed E-state index contributed by atoms with van der Waals surface area (Å²) in [4.78, 5) is 0. The molecule has 0 fully saturated rings. The Morgan fingerprint density at radius 3 is 2.33 bits per heavy atom. The summed E-state index contributed by atoms with van der Waals surface area (Å²) in [5.74, 6) is 0. The molecule has 0 saturated carbocycles. The second kappa shape index (κ2) is 3.34. The molecule has 66 valence electrons. The van der Waals surface area contributed by atoms with Crippen molar-refractivity contribution in [3.63, 3.8) is 0 Å². The summed E-state index contributed by atoms with van der Waals surface area (Å²) in [6.45, 7) is 5.66. The molecule has 0 amide bonds. The predicted octanol–water partition coefficient (Wildman–Crippen LogP) is 2.83. The zero-order chi connectivity index (χ0) is 9.35. The van der Waals surface area contributed by atoms with Crippen LogP contribution in [0.3, 0.4) is 0 Å². The van der Waals surface area contributed by atoms with Crippen molar-refractivity contribution in [3.8, 4) is 0 Å². The molecule has 1 N–H and O–H groups in total. The third-order valence-corrected chi connectivity index (χ3v) is 3.10. The van der Waals surface area contributed by atoms with Crippen molar-refractivity contribution >= 4 is 22.6 Å². The van der Waals surface area contributed by atoms with E-state index in [0.29, 0.717) is 0 Å². The van der Waals surface area contributed by atoms with Crippen LogP contribution in [0, 0.1) is 10.5 Å². The molecule has 1 nitrogen and oxygen atoms in total. The van der Waals surface area contributed by atoms with Crippen molar-refractivity contribution in [2.45, 2.75) is 26.4 Å². The van der Waals surface area contributed by atoms with E-state index in [1.165, 1.54) is 9.13 Å². The summed E-state index contributed by atoms with van der Waals surface area (Å²) in [7, 11) is 0. The highest BCUT2D eigenvalue weighted by molar-refractivity contribution is 14.1. The lowest BCUT2D eigenvalue weighted by atomic mass is 9.94. The van der Waals surface area contributed by atoms with E-state index in [1.54, 1.807) is 0 Å². The third-order valence-electron chi connectivity index (χ3n) is 1.93. The number of rotatable bonds is 1. The van der Waals surface area contributed by atoms with E-state index in [4.69, 9.17) is 0 Å². The number of hydrogen-bond donors (Lipinski definition) is 1. The van der Waals surface area contributed by atoms with Crippen molar-refractivity contribution in [2.75, 3.05) is 0 Å². The van der Waals surface area contributed by atoms with E-state index in [9.17, 15) is 5.11 Å². The van der Waals surface area contributed by atoms with Gasteiger partial charge in [-0.3, -0.25) is 0 Å². The van der Waals surface area contributed by atoms with Crippen LogP contribution in [0.25, 0.3) is 0 Å². The lowest BCUT2D eigenvalue weighted by molar-refractivity contribution is 0.0778. The van der Waals surface area contributed by atoms with E-state index >= 15 is 0 Å². The zero-order valence-corrected chi connectivity index (χ0v) is 9.71. The lowest BCUT2D eigenvalue weighted by Gasteiger charge is -2.20. The minimum absolute atomic E-state index is 0.731. The first kappa shape index (κ1) is 9.99. The van der Waals surface area contributed by atoms with Crippen LogP contribution in [-0.2, 0) is 5.60 Å². The topological polar surface area (TPSA) is 20.2 Å². The van der Waals surface area contributed by atoms with Crippen molar-refractivity contribution in [1.29, 1.82) is 0 Å². The Bertz CT molecular complexity index is 286. The monoisotopic (exact) mass is 276 g/mol. The number of hydrogen-bond acceptors (Lipinski definition) is 1. The van der Waals surface area contributed by atoms with Gasteiger partial charge in [-0.2, -0.15) is 0 Å². The van der Waals surface area contributed by atoms with Gasteiger partial charge >= 0.3 is 0 Å². The lowest BCUT2D eigenvalue weighted by Crippen LogP contribution is -2.17. The summed E-state index contributed by atoms with van der Waals surface area (Å²) in [5.41, 5.74) is 1.45. The molecular weight excluding hydrogens is 263 g/mol. The fourth-order valence-corrected chi connectivity index (χ4v) is 1.77. The molecule has 0 unspecified atom stereocenters. The zero-order valence-electron chi connectivity index (χ0n) is 7.56. The maximum Gasteiger partial charge on any atom is 0.0843 e. The van der Waals surface area contributed by atoms with Crippen LogP contribution < -0.4 is 0 Å². The molecule has 0 aliphatic carbocycles. The van der Waals surface area contributed by atoms with E-state index in [2.05, 4.69) is 22.6 Å². The summed E-state index contributed by atoms with van der Waals surface area (Å²) < 4.78 is 1.20. The average Bonchev–Trinajstić information content (AvgIpc) is 1.92. The fourth-order valence-electron chi connectivity index (χ4n) is 1.27. The predicted molar refractivity (Wildman–Crippen MR) is 59.1 cm³/mol. The van der Waals surface area contributed by atoms with Crippen LogP contribution in [-0.4, -0.2) is 5.11 Å². The van der Waals surface area contributed by atoms with E-state index in [-0.39, 0.29) is 0 Å². The van der Waals surface area contributed by atoms with Gasteiger partial charge < -0.3 is 5.11 Å². The molecule has 0 aliphatic rings. The standard InChI is InChI=1S/C10H13IO/c1-7-8(10(2,3)12)5-4-6-9(7)11/h4-6,12H,1-3H3. The van der Waals surface area contributed by atoms with Gasteiger partial charge in [0.2, 0.25) is 0 Å². The Morgan fingerprint density at radius 1 is 1.33 bits per heavy atom. The molecule has 0 spiro atoms. The third kappa shape index (κ3) is 1.98. The largest absolute Gasteiger partial charge is 0.386 e. The molecule has 1 aromatic rings. The Labute approximate surface area is 86.9 Å². The molecule has 0 heterocycles. The minimum Gasteiger partial charge on any atom is -0.386 e. The quantitative estimate of drug-likeness (QED) is 0.782. The Morgan fingerprint density at radius 2 is 1.92 bits per heavy atom. The minimum atomic E-state index is -0.731. The van der Waals surface area contributed by atoms with Gasteiger partial charge in [0.25, 0.3) is 0 Å². The van der Waals surface area contributed by atoms with Crippen molar-refractivity contribution in [3.05, 3.63) is 32.9 Å². The highest BCUT2D eigenvalue weighted by Gasteiger charge is 2.18. The van der Waals surface area contributed by atoms with Gasteiger partial charge in [-0.1, -0.05) is 12.1 Å². The van der Waals surface area contributed by atoms with Crippen LogP contribution in [0.2, 0.25) is 0 Å². The van der Waals surface area contributed by atoms with Crippen LogP contribution in [0.4, 0.5) is 0 Å². The number of benzene rings is 1. The van der Waals surface area contributed by atoms with Gasteiger partial charge in [0, 0.05) is 3.57 Å². The molecule has 0 bridgehead atoms. The van der Waals surface area contributed by atoms with Crippen LogP contribution in [0.15, 0.2) is 18.2 Å². The highest BCUT2D eigenvalue weighted by atomic mass is 127. The number of halogens is 1. The molecule has 0 aliphatic heterocycles. The van der Waals surface area contributed by atoms with E-state index in [1.807, 2.05) is 39.0 Å². The van der Waals surface area contributed by atoms with Crippen LogP contribution >= 0.6 is 22.6 Å². The highest BCUT2D eigenvalue weighted by Crippen LogP contribution is 2.25. The number of aliphatic hydroxyl groups is 1. The second-order valence-electron chi connectivity index (χ2n) is 3.47. The van der Waals surface area contributed by atoms with Crippen molar-refractivity contribution in [2.24, 2.45) is 0 Å². The molecule has 12 heavy (non-hydrogen) atoms. The Hall–Kier alpha value is -0.0900. The summed E-state index contributed by atoms with van der Waals surface area (Å²) in [5, 5.41) is 9.79. The maximum atomic E-state index is 9.79. The normalized spacial score (nSPS) is 11.8. The Balaban J connectivity index is 3.26. The maximum absolute atomic E-state index is 9.79. The van der Waals surface area contributed by atoms with E-state index in [0.717, 1.165) is 5.56 Å².